The molecule has 2 rings (SSSR count). The molecule has 1 saturated carbocycles. The lowest BCUT2D eigenvalue weighted by Gasteiger charge is -2.38. The first-order valence-electron chi connectivity index (χ1n) is 7.35. The topological polar surface area (TPSA) is 29.3 Å². The lowest BCUT2D eigenvalue weighted by Crippen LogP contribution is -2.39. The van der Waals surface area contributed by atoms with Crippen molar-refractivity contribution in [2.45, 2.75) is 45.1 Å². The van der Waals surface area contributed by atoms with E-state index in [4.69, 9.17) is 5.73 Å². The van der Waals surface area contributed by atoms with Gasteiger partial charge in [0.15, 0.2) is 0 Å². The largest absolute Gasteiger partial charge is 0.371 e. The predicted molar refractivity (Wildman–Crippen MR) is 86.7 cm³/mol. The van der Waals surface area contributed by atoms with Crippen LogP contribution in [0.25, 0.3) is 0 Å². The first-order chi connectivity index (χ1) is 9.13. The Balaban J connectivity index is 2.25. The first-order valence-corrected chi connectivity index (χ1v) is 8.14. The van der Waals surface area contributed by atoms with Gasteiger partial charge in [-0.2, -0.15) is 0 Å². The molecule has 1 fully saturated rings. The molecule has 0 aromatic heterocycles. The minimum Gasteiger partial charge on any atom is -0.371 e. The zero-order valence-corrected chi connectivity index (χ0v) is 13.6. The fourth-order valence-electron chi connectivity index (χ4n) is 3.28. The van der Waals surface area contributed by atoms with E-state index in [1.165, 1.54) is 36.9 Å². The first kappa shape index (κ1) is 14.9. The molecule has 2 unspecified atom stereocenters. The number of anilines is 1. The molecular formula is C16H25BrN2. The summed E-state index contributed by atoms with van der Waals surface area (Å²) in [4.78, 5) is 2.49. The fraction of sp³-hybridized carbons (Fsp3) is 0.625. The molecule has 0 aliphatic heterocycles. The second kappa shape index (κ2) is 6.76. The van der Waals surface area contributed by atoms with Crippen LogP contribution in [0.4, 0.5) is 5.69 Å². The van der Waals surface area contributed by atoms with Crippen LogP contribution in [0.5, 0.6) is 0 Å². The molecule has 106 valence electrons. The third-order valence-electron chi connectivity index (χ3n) is 4.40. The quantitative estimate of drug-likeness (QED) is 0.908. The van der Waals surface area contributed by atoms with E-state index in [9.17, 15) is 0 Å². The smallest absolute Gasteiger partial charge is 0.0410 e. The second-order valence-corrected chi connectivity index (χ2v) is 6.67. The number of nitrogens with two attached hydrogens (primary N) is 1. The van der Waals surface area contributed by atoms with Crippen molar-refractivity contribution in [2.24, 2.45) is 11.7 Å². The van der Waals surface area contributed by atoms with Gasteiger partial charge < -0.3 is 10.6 Å². The summed E-state index contributed by atoms with van der Waals surface area (Å²) in [5.74, 6) is 0.781. The van der Waals surface area contributed by atoms with Crippen molar-refractivity contribution < 1.29 is 0 Å². The molecule has 19 heavy (non-hydrogen) atoms. The molecule has 0 heterocycles. The fourth-order valence-corrected chi connectivity index (χ4v) is 3.63. The summed E-state index contributed by atoms with van der Waals surface area (Å²) in [5.41, 5.74) is 8.46. The van der Waals surface area contributed by atoms with Gasteiger partial charge in [-0.05, 0) is 49.4 Å². The van der Waals surface area contributed by atoms with E-state index in [-0.39, 0.29) is 0 Å². The molecular weight excluding hydrogens is 300 g/mol. The molecule has 1 aromatic carbocycles. The zero-order chi connectivity index (χ0) is 13.8. The maximum absolute atomic E-state index is 5.74. The summed E-state index contributed by atoms with van der Waals surface area (Å²) in [7, 11) is 2.24. The lowest BCUT2D eigenvalue weighted by molar-refractivity contribution is 0.321. The van der Waals surface area contributed by atoms with E-state index < -0.39 is 0 Å². The monoisotopic (exact) mass is 324 g/mol. The second-order valence-electron chi connectivity index (χ2n) is 5.75. The van der Waals surface area contributed by atoms with E-state index in [0.717, 1.165) is 16.8 Å². The summed E-state index contributed by atoms with van der Waals surface area (Å²) in [6.07, 6.45) is 6.37. The molecule has 2 atom stereocenters. The van der Waals surface area contributed by atoms with Crippen LogP contribution in [0.3, 0.4) is 0 Å². The Kier molecular flexibility index (Phi) is 5.28. The van der Waals surface area contributed by atoms with Gasteiger partial charge in [0.25, 0.3) is 0 Å². The van der Waals surface area contributed by atoms with Crippen LogP contribution in [0, 0.1) is 5.92 Å². The molecule has 1 aliphatic rings. The summed E-state index contributed by atoms with van der Waals surface area (Å²) in [5, 5.41) is 0. The highest BCUT2D eigenvalue weighted by Crippen LogP contribution is 2.33. The number of halogens is 1. The Bertz CT molecular complexity index is 419. The standard InChI is InChI=1S/C16H25BrN2/c1-12-5-3-4-6-15(12)19(2)16-11-14(17)8-7-13(16)9-10-18/h7-8,11-12,15H,3-6,9-10,18H2,1-2H3. The van der Waals surface area contributed by atoms with Gasteiger partial charge in [-0.1, -0.05) is 41.8 Å². The van der Waals surface area contributed by atoms with Crippen LogP contribution in [0.2, 0.25) is 0 Å². The molecule has 2 N–H and O–H groups in total. The Morgan fingerprint density at radius 2 is 2.05 bits per heavy atom. The third-order valence-corrected chi connectivity index (χ3v) is 4.90. The highest BCUT2D eigenvalue weighted by molar-refractivity contribution is 9.10. The van der Waals surface area contributed by atoms with Crippen molar-refractivity contribution in [2.75, 3.05) is 18.5 Å². The van der Waals surface area contributed by atoms with Gasteiger partial charge in [0, 0.05) is 23.2 Å². The van der Waals surface area contributed by atoms with Crippen molar-refractivity contribution in [3.05, 3.63) is 28.2 Å². The summed E-state index contributed by atoms with van der Waals surface area (Å²) < 4.78 is 1.15. The van der Waals surface area contributed by atoms with Crippen molar-refractivity contribution in [3.8, 4) is 0 Å². The SMILES string of the molecule is CC1CCCCC1N(C)c1cc(Br)ccc1CCN. The molecule has 1 aromatic rings. The van der Waals surface area contributed by atoms with Crippen LogP contribution in [0.1, 0.15) is 38.2 Å². The Morgan fingerprint density at radius 3 is 2.74 bits per heavy atom. The van der Waals surface area contributed by atoms with Gasteiger partial charge in [-0.25, -0.2) is 0 Å². The van der Waals surface area contributed by atoms with Gasteiger partial charge in [-0.3, -0.25) is 0 Å². The van der Waals surface area contributed by atoms with Gasteiger partial charge in [0.05, 0.1) is 0 Å². The molecule has 0 spiro atoms. The summed E-state index contributed by atoms with van der Waals surface area (Å²) in [6, 6.07) is 7.23. The van der Waals surface area contributed by atoms with Crippen LogP contribution in [0.15, 0.2) is 22.7 Å². The van der Waals surface area contributed by atoms with Crippen molar-refractivity contribution in [1.82, 2.24) is 0 Å². The minimum atomic E-state index is 0.666. The maximum Gasteiger partial charge on any atom is 0.0410 e. The third kappa shape index (κ3) is 3.51. The van der Waals surface area contributed by atoms with E-state index >= 15 is 0 Å². The summed E-state index contributed by atoms with van der Waals surface area (Å²) >= 11 is 3.60. The van der Waals surface area contributed by atoms with Crippen molar-refractivity contribution in [3.63, 3.8) is 0 Å². The Hall–Kier alpha value is -0.540. The predicted octanol–water partition coefficient (Wildman–Crippen LogP) is 3.97. The molecule has 0 bridgehead atoms. The highest BCUT2D eigenvalue weighted by Gasteiger charge is 2.26. The van der Waals surface area contributed by atoms with E-state index in [1.807, 2.05) is 0 Å². The molecule has 2 nitrogen and oxygen atoms in total. The lowest BCUT2D eigenvalue weighted by atomic mass is 9.84. The number of hydrogen-bond acceptors (Lipinski definition) is 2. The average Bonchev–Trinajstić information content (AvgIpc) is 2.41. The molecule has 1 aliphatic carbocycles. The van der Waals surface area contributed by atoms with Crippen LogP contribution < -0.4 is 10.6 Å². The highest BCUT2D eigenvalue weighted by atomic mass is 79.9. The van der Waals surface area contributed by atoms with Crippen LogP contribution in [-0.4, -0.2) is 19.6 Å². The van der Waals surface area contributed by atoms with Gasteiger partial charge in [-0.15, -0.1) is 0 Å². The minimum absolute atomic E-state index is 0.666. The van der Waals surface area contributed by atoms with E-state index in [1.54, 1.807) is 0 Å². The average molecular weight is 325 g/mol. The number of rotatable bonds is 4. The molecule has 0 amide bonds. The maximum atomic E-state index is 5.74. The Labute approximate surface area is 125 Å². The summed E-state index contributed by atoms with van der Waals surface area (Å²) in [6.45, 7) is 3.10. The van der Waals surface area contributed by atoms with E-state index in [2.05, 4.69) is 53.0 Å². The molecule has 3 heteroatoms. The van der Waals surface area contributed by atoms with Gasteiger partial charge in [0.1, 0.15) is 0 Å². The normalized spacial score (nSPS) is 23.4. The van der Waals surface area contributed by atoms with E-state index in [0.29, 0.717) is 12.6 Å². The van der Waals surface area contributed by atoms with Crippen LogP contribution >= 0.6 is 15.9 Å². The number of benzene rings is 1. The Morgan fingerprint density at radius 1 is 1.32 bits per heavy atom. The van der Waals surface area contributed by atoms with Crippen LogP contribution in [-0.2, 0) is 6.42 Å². The number of hydrogen-bond donors (Lipinski definition) is 1. The van der Waals surface area contributed by atoms with Gasteiger partial charge >= 0.3 is 0 Å². The number of nitrogens with zero attached hydrogens (tertiary/aromatic N) is 1. The molecule has 0 saturated heterocycles. The van der Waals surface area contributed by atoms with Crippen molar-refractivity contribution >= 4 is 21.6 Å². The molecule has 0 radical (unpaired) electrons. The van der Waals surface area contributed by atoms with Gasteiger partial charge in [0.2, 0.25) is 0 Å². The van der Waals surface area contributed by atoms with Crippen molar-refractivity contribution in [1.29, 1.82) is 0 Å². The zero-order valence-electron chi connectivity index (χ0n) is 12.0.